The average molecular weight is 294 g/mol. The molecule has 3 rings (SSSR count). The number of aryl methyl sites for hydroxylation is 1. The first-order chi connectivity index (χ1) is 9.75. The Morgan fingerprint density at radius 2 is 2.45 bits per heavy atom. The van der Waals surface area contributed by atoms with E-state index in [1.807, 2.05) is 6.07 Å². The first kappa shape index (κ1) is 14.0. The van der Waals surface area contributed by atoms with Crippen molar-refractivity contribution in [2.24, 2.45) is 11.7 Å². The molecule has 1 aromatic rings. The molecule has 1 aliphatic heterocycles. The van der Waals surface area contributed by atoms with Crippen molar-refractivity contribution in [2.45, 2.75) is 50.3 Å². The fourth-order valence-corrected chi connectivity index (χ4v) is 4.01. The molecule has 20 heavy (non-hydrogen) atoms. The highest BCUT2D eigenvalue weighted by atomic mass is 32.1. The Balaban J connectivity index is 1.40. The quantitative estimate of drug-likeness (QED) is 0.868. The van der Waals surface area contributed by atoms with E-state index in [0.717, 1.165) is 32.3 Å². The Morgan fingerprint density at radius 3 is 3.25 bits per heavy atom. The molecule has 4 nitrogen and oxygen atoms in total. The van der Waals surface area contributed by atoms with E-state index < -0.39 is 0 Å². The summed E-state index contributed by atoms with van der Waals surface area (Å²) in [6.45, 7) is 0.804. The summed E-state index contributed by atoms with van der Waals surface area (Å²) in [6, 6.07) is 4.26. The lowest BCUT2D eigenvalue weighted by molar-refractivity contribution is -0.139. The summed E-state index contributed by atoms with van der Waals surface area (Å²) < 4.78 is 5.73. The number of hydrogen-bond acceptors (Lipinski definition) is 4. The van der Waals surface area contributed by atoms with Crippen LogP contribution in [0.1, 0.15) is 30.6 Å². The number of carbonyl (C=O) groups excluding carboxylic acids is 1. The topological polar surface area (TPSA) is 64.3 Å². The van der Waals surface area contributed by atoms with Gasteiger partial charge in [0.05, 0.1) is 12.1 Å². The molecule has 1 aromatic heterocycles. The van der Waals surface area contributed by atoms with Crippen LogP contribution in [0.2, 0.25) is 0 Å². The summed E-state index contributed by atoms with van der Waals surface area (Å²) in [6.07, 6.45) is 4.82. The van der Waals surface area contributed by atoms with Crippen LogP contribution in [0.3, 0.4) is 0 Å². The molecule has 2 fully saturated rings. The molecule has 0 radical (unpaired) electrons. The van der Waals surface area contributed by atoms with Crippen molar-refractivity contribution >= 4 is 17.2 Å². The first-order valence-corrected chi connectivity index (χ1v) is 8.32. The fourth-order valence-electron chi connectivity index (χ4n) is 3.26. The van der Waals surface area contributed by atoms with E-state index in [0.29, 0.717) is 12.3 Å². The molecule has 3 N–H and O–H groups in total. The van der Waals surface area contributed by atoms with Crippen molar-refractivity contribution in [1.29, 1.82) is 0 Å². The van der Waals surface area contributed by atoms with E-state index in [-0.39, 0.29) is 24.1 Å². The van der Waals surface area contributed by atoms with Crippen molar-refractivity contribution < 1.29 is 9.53 Å². The Morgan fingerprint density at radius 1 is 1.55 bits per heavy atom. The van der Waals surface area contributed by atoms with Gasteiger partial charge in [-0.3, -0.25) is 4.79 Å². The maximum atomic E-state index is 12.0. The highest BCUT2D eigenvalue weighted by Gasteiger charge is 2.50. The summed E-state index contributed by atoms with van der Waals surface area (Å²) in [5.41, 5.74) is 6.14. The van der Waals surface area contributed by atoms with Gasteiger partial charge in [-0.05, 0) is 37.1 Å². The van der Waals surface area contributed by atoms with Crippen LogP contribution in [0.5, 0.6) is 0 Å². The number of nitrogens with one attached hydrogen (secondary N) is 1. The average Bonchev–Trinajstić information content (AvgIpc) is 2.97. The Labute approximate surface area is 123 Å². The smallest absolute Gasteiger partial charge is 0.220 e. The van der Waals surface area contributed by atoms with Gasteiger partial charge in [-0.2, -0.15) is 0 Å². The van der Waals surface area contributed by atoms with Gasteiger partial charge in [0.2, 0.25) is 5.91 Å². The maximum Gasteiger partial charge on any atom is 0.220 e. The van der Waals surface area contributed by atoms with Crippen molar-refractivity contribution in [2.75, 3.05) is 6.61 Å². The minimum absolute atomic E-state index is 0.0227. The summed E-state index contributed by atoms with van der Waals surface area (Å²) in [4.78, 5) is 13.3. The van der Waals surface area contributed by atoms with Gasteiger partial charge in [0, 0.05) is 29.9 Å². The molecule has 1 amide bonds. The molecule has 110 valence electrons. The standard InChI is InChI=1S/C15H22N2O2S/c16-13-11-6-2-8-19-15(11)14(13)17-12(18)7-1-4-10-5-3-9-20-10/h3,5,9,11,13-15H,1-2,4,6-8,16H2,(H,17,18). The van der Waals surface area contributed by atoms with Gasteiger partial charge >= 0.3 is 0 Å². The van der Waals surface area contributed by atoms with Crippen molar-refractivity contribution in [1.82, 2.24) is 5.32 Å². The highest BCUT2D eigenvalue weighted by molar-refractivity contribution is 7.09. The van der Waals surface area contributed by atoms with Gasteiger partial charge in [-0.25, -0.2) is 0 Å². The van der Waals surface area contributed by atoms with Crippen molar-refractivity contribution in [3.05, 3.63) is 22.4 Å². The number of thiophene rings is 1. The largest absolute Gasteiger partial charge is 0.376 e. The van der Waals surface area contributed by atoms with E-state index in [1.165, 1.54) is 4.88 Å². The summed E-state index contributed by atoms with van der Waals surface area (Å²) in [5.74, 6) is 0.551. The van der Waals surface area contributed by atoms with E-state index in [1.54, 1.807) is 11.3 Å². The second-order valence-corrected chi connectivity index (χ2v) is 6.78. The van der Waals surface area contributed by atoms with E-state index in [4.69, 9.17) is 10.5 Å². The zero-order chi connectivity index (χ0) is 13.9. The van der Waals surface area contributed by atoms with Crippen LogP contribution >= 0.6 is 11.3 Å². The summed E-state index contributed by atoms with van der Waals surface area (Å²) in [7, 11) is 0. The molecule has 0 aromatic carbocycles. The maximum absolute atomic E-state index is 12.0. The number of ether oxygens (including phenoxy) is 1. The van der Waals surface area contributed by atoms with Crippen molar-refractivity contribution in [3.63, 3.8) is 0 Å². The summed E-state index contributed by atoms with van der Waals surface area (Å²) in [5, 5.41) is 5.13. The highest BCUT2D eigenvalue weighted by Crippen LogP contribution is 2.36. The lowest BCUT2D eigenvalue weighted by Gasteiger charge is -2.52. The molecule has 1 saturated carbocycles. The van der Waals surface area contributed by atoms with Crippen LogP contribution in [-0.4, -0.2) is 30.7 Å². The number of rotatable bonds is 5. The predicted molar refractivity (Wildman–Crippen MR) is 79.6 cm³/mol. The lowest BCUT2D eigenvalue weighted by atomic mass is 9.68. The second kappa shape index (κ2) is 6.24. The Kier molecular flexibility index (Phi) is 4.38. The van der Waals surface area contributed by atoms with E-state index in [9.17, 15) is 4.79 Å². The normalized spacial score (nSPS) is 32.2. The third-order valence-corrected chi connectivity index (χ3v) is 5.35. The molecule has 1 aliphatic carbocycles. The van der Waals surface area contributed by atoms with Gasteiger partial charge in [-0.15, -0.1) is 11.3 Å². The third-order valence-electron chi connectivity index (χ3n) is 4.41. The van der Waals surface area contributed by atoms with Crippen LogP contribution in [0.15, 0.2) is 17.5 Å². The molecule has 1 saturated heterocycles. The molecule has 2 heterocycles. The van der Waals surface area contributed by atoms with Gasteiger partial charge in [0.15, 0.2) is 0 Å². The minimum atomic E-state index is 0.0227. The van der Waals surface area contributed by atoms with E-state index in [2.05, 4.69) is 16.8 Å². The van der Waals surface area contributed by atoms with Gasteiger partial charge < -0.3 is 15.8 Å². The fraction of sp³-hybridized carbons (Fsp3) is 0.667. The third kappa shape index (κ3) is 2.90. The minimum Gasteiger partial charge on any atom is -0.376 e. The molecule has 4 atom stereocenters. The molecule has 5 heteroatoms. The molecule has 4 unspecified atom stereocenters. The Bertz CT molecular complexity index is 449. The number of amides is 1. The van der Waals surface area contributed by atoms with Crippen molar-refractivity contribution in [3.8, 4) is 0 Å². The Hall–Kier alpha value is -0.910. The first-order valence-electron chi connectivity index (χ1n) is 7.44. The zero-order valence-corrected chi connectivity index (χ0v) is 12.4. The number of hydrogen-bond donors (Lipinski definition) is 2. The van der Waals surface area contributed by atoms with E-state index >= 15 is 0 Å². The number of carbonyl (C=O) groups is 1. The van der Waals surface area contributed by atoms with Crippen LogP contribution < -0.4 is 11.1 Å². The van der Waals surface area contributed by atoms with Crippen LogP contribution in [0, 0.1) is 5.92 Å². The van der Waals surface area contributed by atoms with Crippen LogP contribution in [0.25, 0.3) is 0 Å². The molecule has 0 spiro atoms. The number of nitrogens with two attached hydrogens (primary N) is 1. The van der Waals surface area contributed by atoms with Crippen LogP contribution in [0.4, 0.5) is 0 Å². The summed E-state index contributed by atoms with van der Waals surface area (Å²) >= 11 is 1.75. The molecule has 0 bridgehead atoms. The lowest BCUT2D eigenvalue weighted by Crippen LogP contribution is -2.72. The van der Waals surface area contributed by atoms with Crippen LogP contribution in [-0.2, 0) is 16.0 Å². The van der Waals surface area contributed by atoms with Gasteiger partial charge in [0.1, 0.15) is 0 Å². The molecular weight excluding hydrogens is 272 g/mol. The molecule has 2 aliphatic rings. The van der Waals surface area contributed by atoms with Gasteiger partial charge in [-0.1, -0.05) is 6.07 Å². The zero-order valence-electron chi connectivity index (χ0n) is 11.6. The number of fused-ring (bicyclic) bond motifs is 1. The predicted octanol–water partition coefficient (Wildman–Crippen LogP) is 1.69. The molecular formula is C15H22N2O2S. The van der Waals surface area contributed by atoms with Gasteiger partial charge in [0.25, 0.3) is 0 Å². The SMILES string of the molecule is NC1C2CCCOC2C1NC(=O)CCCc1cccs1. The second-order valence-electron chi connectivity index (χ2n) is 5.75. The monoisotopic (exact) mass is 294 g/mol.